The van der Waals surface area contributed by atoms with Crippen LogP contribution >= 0.6 is 31.9 Å². The summed E-state index contributed by atoms with van der Waals surface area (Å²) in [7, 11) is 0. The molecule has 0 fully saturated rings. The summed E-state index contributed by atoms with van der Waals surface area (Å²) in [5.74, 6) is -3.08. The molecular formula is C54H44Br2N4O8. The molecular weight excluding hydrogens is 992 g/mol. The molecule has 8 rings (SSSR count). The van der Waals surface area contributed by atoms with E-state index >= 15 is 0 Å². The molecule has 14 heteroatoms. The second-order valence-electron chi connectivity index (χ2n) is 15.2. The van der Waals surface area contributed by atoms with Crippen molar-refractivity contribution < 1.29 is 38.1 Å². The van der Waals surface area contributed by atoms with E-state index < -0.39 is 29.7 Å². The molecule has 0 bridgehead atoms. The zero-order valence-electron chi connectivity index (χ0n) is 37.5. The number of rotatable bonds is 15. The van der Waals surface area contributed by atoms with Crippen LogP contribution in [0.5, 0.6) is 0 Å². The molecule has 6 aromatic carbocycles. The van der Waals surface area contributed by atoms with Gasteiger partial charge >= 0.3 is 23.9 Å². The molecule has 0 saturated heterocycles. The highest BCUT2D eigenvalue weighted by molar-refractivity contribution is 9.10. The molecule has 1 aromatic heterocycles. The third kappa shape index (κ3) is 9.34. The van der Waals surface area contributed by atoms with E-state index in [4.69, 9.17) is 33.9 Å². The van der Waals surface area contributed by atoms with Crippen molar-refractivity contribution in [2.45, 2.75) is 33.5 Å². The fourth-order valence-corrected chi connectivity index (χ4v) is 8.86. The number of hydrogen-bond acceptors (Lipinski definition) is 11. The first-order valence-corrected chi connectivity index (χ1v) is 23.5. The molecule has 0 radical (unpaired) electrons. The fraction of sp³-hybridized carbons (Fsp3) is 0.167. The number of aliphatic imine (C=N–C) groups is 2. The second-order valence-corrected chi connectivity index (χ2v) is 16.9. The van der Waals surface area contributed by atoms with Crippen LogP contribution < -0.4 is 0 Å². The molecule has 0 unspecified atom stereocenters. The second kappa shape index (κ2) is 20.7. The smallest absolute Gasteiger partial charge is 0.338 e. The molecule has 7 aromatic rings. The van der Waals surface area contributed by atoms with E-state index in [9.17, 15) is 19.2 Å². The molecule has 12 nitrogen and oxygen atoms in total. The zero-order chi connectivity index (χ0) is 48.0. The van der Waals surface area contributed by atoms with Crippen LogP contribution in [0.2, 0.25) is 0 Å². The van der Waals surface area contributed by atoms with Crippen molar-refractivity contribution in [3.8, 4) is 33.9 Å². The Morgan fingerprint density at radius 1 is 0.471 bits per heavy atom. The number of carbonyl (C=O) groups excluding carboxylic acids is 4. The Bertz CT molecular complexity index is 3010. The number of benzene rings is 6. The first-order valence-electron chi connectivity index (χ1n) is 21.9. The third-order valence-corrected chi connectivity index (χ3v) is 12.4. The Balaban J connectivity index is 1.51. The van der Waals surface area contributed by atoms with Gasteiger partial charge in [0.15, 0.2) is 0 Å². The summed E-state index contributed by atoms with van der Waals surface area (Å²) in [6, 6.07) is 43.4. The summed E-state index contributed by atoms with van der Waals surface area (Å²) in [6.07, 6.45) is 0. The minimum atomic E-state index is -1.69. The summed E-state index contributed by atoms with van der Waals surface area (Å²) < 4.78 is 24.7. The predicted molar refractivity (Wildman–Crippen MR) is 267 cm³/mol. The van der Waals surface area contributed by atoms with E-state index in [-0.39, 0.29) is 26.4 Å². The number of hydrogen-bond donors (Lipinski definition) is 0. The lowest BCUT2D eigenvalue weighted by atomic mass is 9.98. The molecule has 0 amide bonds. The maximum Gasteiger partial charge on any atom is 0.338 e. The molecule has 1 aliphatic rings. The largest absolute Gasteiger partial charge is 0.462 e. The predicted octanol–water partition coefficient (Wildman–Crippen LogP) is 11.8. The van der Waals surface area contributed by atoms with Gasteiger partial charge in [0.25, 0.3) is 5.79 Å². The van der Waals surface area contributed by atoms with Crippen LogP contribution in [-0.4, -0.2) is 71.3 Å². The number of ether oxygens (including phenoxy) is 4. The van der Waals surface area contributed by atoms with Crippen LogP contribution in [0.3, 0.4) is 0 Å². The fourth-order valence-electron chi connectivity index (χ4n) is 7.85. The highest BCUT2D eigenvalue weighted by atomic mass is 79.9. The SMILES string of the molecule is CCOC(=O)c1ccc(C2=NC(c3ccccc3Br)(n3c(-c4ccccc4Br)nc(-c4ccc(C(=O)OCC)cc4)c3-c3ccc(C(=O)OCC)cc3)N=C2c2ccc(C(=O)OCC)cc2)cc1. The first kappa shape index (κ1) is 47.2. The van der Waals surface area contributed by atoms with Crippen LogP contribution in [0.1, 0.15) is 85.8 Å². The normalized spacial score (nSPS) is 12.7. The van der Waals surface area contributed by atoms with E-state index in [0.29, 0.717) is 88.7 Å². The summed E-state index contributed by atoms with van der Waals surface area (Å²) in [6.45, 7) is 7.88. The average molecular weight is 1040 g/mol. The number of imidazole rings is 1. The number of aromatic nitrogens is 2. The van der Waals surface area contributed by atoms with Gasteiger partial charge in [-0.15, -0.1) is 0 Å². The van der Waals surface area contributed by atoms with Gasteiger partial charge in [-0.25, -0.2) is 34.1 Å². The van der Waals surface area contributed by atoms with Gasteiger partial charge in [0.05, 0.1) is 71.5 Å². The van der Waals surface area contributed by atoms with Crippen molar-refractivity contribution in [2.75, 3.05) is 26.4 Å². The first-order chi connectivity index (χ1) is 33.0. The molecule has 0 spiro atoms. The van der Waals surface area contributed by atoms with Gasteiger partial charge in [-0.1, -0.05) is 117 Å². The number of halogens is 2. The Labute approximate surface area is 410 Å². The Morgan fingerprint density at radius 3 is 1.24 bits per heavy atom. The van der Waals surface area contributed by atoms with Crippen LogP contribution in [0, 0.1) is 0 Å². The van der Waals surface area contributed by atoms with Gasteiger partial charge in [-0.2, -0.15) is 0 Å². The Hall–Kier alpha value is -7.29. The summed E-state index contributed by atoms with van der Waals surface area (Å²) >= 11 is 7.73. The van der Waals surface area contributed by atoms with Gasteiger partial charge in [0, 0.05) is 42.3 Å². The number of esters is 4. The monoisotopic (exact) mass is 1030 g/mol. The van der Waals surface area contributed by atoms with Gasteiger partial charge < -0.3 is 18.9 Å². The molecule has 0 aliphatic carbocycles. The van der Waals surface area contributed by atoms with Crippen molar-refractivity contribution in [1.82, 2.24) is 9.55 Å². The van der Waals surface area contributed by atoms with Gasteiger partial charge in [0.1, 0.15) is 5.82 Å². The van der Waals surface area contributed by atoms with E-state index in [2.05, 4.69) is 31.9 Å². The van der Waals surface area contributed by atoms with Crippen LogP contribution in [0.15, 0.2) is 165 Å². The quantitative estimate of drug-likeness (QED) is 0.0723. The molecule has 1 aliphatic heterocycles. The van der Waals surface area contributed by atoms with E-state index in [1.807, 2.05) is 77.4 Å². The highest BCUT2D eigenvalue weighted by Gasteiger charge is 2.46. The van der Waals surface area contributed by atoms with Crippen molar-refractivity contribution >= 4 is 67.2 Å². The average Bonchev–Trinajstić information content (AvgIpc) is 3.96. The Morgan fingerprint density at radius 2 is 0.838 bits per heavy atom. The van der Waals surface area contributed by atoms with Gasteiger partial charge in [0.2, 0.25) is 0 Å². The molecule has 0 atom stereocenters. The van der Waals surface area contributed by atoms with E-state index in [1.165, 1.54) is 0 Å². The standard InChI is InChI=1S/C54H44Br2N4O8/c1-5-65-50(61)37-25-17-33(18-26-37)45-46(34-19-27-38(28-20-34)51(62)66-6-2)59-54(58-45,42-14-10-12-16-44(42)56)60-48(36-23-31-40(32-24-36)53(64)68-8-4)47(57-49(60)41-13-9-11-15-43(41)55)35-21-29-39(30-22-35)52(63)67-7-3/h9-32H,5-8H2,1-4H3. The highest BCUT2D eigenvalue weighted by Crippen LogP contribution is 2.49. The maximum atomic E-state index is 13.0. The lowest BCUT2D eigenvalue weighted by Gasteiger charge is -2.30. The van der Waals surface area contributed by atoms with Crippen LogP contribution in [0.25, 0.3) is 33.9 Å². The topological polar surface area (TPSA) is 148 Å². The molecule has 68 heavy (non-hydrogen) atoms. The van der Waals surface area contributed by atoms with Crippen LogP contribution in [-0.2, 0) is 24.7 Å². The number of carbonyl (C=O) groups is 4. The third-order valence-electron chi connectivity index (χ3n) is 11.0. The minimum Gasteiger partial charge on any atom is -0.462 e. The summed E-state index contributed by atoms with van der Waals surface area (Å²) in [5.41, 5.74) is 7.39. The van der Waals surface area contributed by atoms with Crippen molar-refractivity contribution in [1.29, 1.82) is 0 Å². The molecule has 2 heterocycles. The van der Waals surface area contributed by atoms with Crippen molar-refractivity contribution in [2.24, 2.45) is 9.98 Å². The molecule has 0 N–H and O–H groups in total. The van der Waals surface area contributed by atoms with Crippen LogP contribution in [0.4, 0.5) is 0 Å². The lowest BCUT2D eigenvalue weighted by Crippen LogP contribution is -2.32. The van der Waals surface area contributed by atoms with Crippen molar-refractivity contribution in [3.63, 3.8) is 0 Å². The lowest BCUT2D eigenvalue weighted by molar-refractivity contribution is 0.0516. The number of nitrogens with zero attached hydrogens (tertiary/aromatic N) is 4. The minimum absolute atomic E-state index is 0.209. The molecule has 0 saturated carbocycles. The van der Waals surface area contributed by atoms with Gasteiger partial charge in [-0.05, 0) is 88.4 Å². The Kier molecular flexibility index (Phi) is 14.4. The molecule has 342 valence electrons. The summed E-state index contributed by atoms with van der Waals surface area (Å²) in [5, 5.41) is 0. The van der Waals surface area contributed by atoms with E-state index in [1.54, 1.807) is 100 Å². The summed E-state index contributed by atoms with van der Waals surface area (Å²) in [4.78, 5) is 68.7. The zero-order valence-corrected chi connectivity index (χ0v) is 40.7. The van der Waals surface area contributed by atoms with Gasteiger partial charge in [-0.3, -0.25) is 4.57 Å². The van der Waals surface area contributed by atoms with Crippen molar-refractivity contribution in [3.05, 3.63) is 193 Å². The maximum absolute atomic E-state index is 13.0. The van der Waals surface area contributed by atoms with E-state index in [0.717, 1.165) is 4.47 Å².